The molecule has 0 radical (unpaired) electrons. The standard InChI is InChI=1S/C12H28N2/c1-5-7-8-9-12(10-13)14(4)11(3)6-2/h11-12H,5-10,13H2,1-4H3. The number of nitrogens with two attached hydrogens (primary N) is 1. The Balaban J connectivity index is 3.85. The average molecular weight is 200 g/mol. The summed E-state index contributed by atoms with van der Waals surface area (Å²) in [7, 11) is 2.21. The van der Waals surface area contributed by atoms with Crippen LogP contribution in [-0.4, -0.2) is 30.6 Å². The third kappa shape index (κ3) is 4.97. The molecule has 0 heterocycles. The minimum absolute atomic E-state index is 0.580. The molecule has 2 N–H and O–H groups in total. The lowest BCUT2D eigenvalue weighted by Crippen LogP contribution is -2.42. The zero-order valence-electron chi connectivity index (χ0n) is 10.4. The van der Waals surface area contributed by atoms with Gasteiger partial charge in [0.25, 0.3) is 0 Å². The predicted octanol–water partition coefficient (Wildman–Crippen LogP) is 2.62. The molecule has 0 spiro atoms. The summed E-state index contributed by atoms with van der Waals surface area (Å²) in [5.74, 6) is 0. The molecule has 0 saturated carbocycles. The Morgan fingerprint density at radius 3 is 2.29 bits per heavy atom. The van der Waals surface area contributed by atoms with Crippen LogP contribution in [0.3, 0.4) is 0 Å². The van der Waals surface area contributed by atoms with Crippen molar-refractivity contribution in [2.75, 3.05) is 13.6 Å². The van der Waals surface area contributed by atoms with Gasteiger partial charge in [-0.25, -0.2) is 0 Å². The van der Waals surface area contributed by atoms with Crippen LogP contribution in [0.15, 0.2) is 0 Å². The Morgan fingerprint density at radius 1 is 1.21 bits per heavy atom. The molecule has 14 heavy (non-hydrogen) atoms. The minimum Gasteiger partial charge on any atom is -0.329 e. The van der Waals surface area contributed by atoms with Crippen LogP contribution < -0.4 is 5.73 Å². The van der Waals surface area contributed by atoms with E-state index in [0.29, 0.717) is 12.1 Å². The molecule has 0 bridgehead atoms. The number of rotatable bonds is 8. The van der Waals surface area contributed by atoms with Crippen molar-refractivity contribution in [3.8, 4) is 0 Å². The lowest BCUT2D eigenvalue weighted by molar-refractivity contribution is 0.172. The van der Waals surface area contributed by atoms with E-state index >= 15 is 0 Å². The second kappa shape index (κ2) is 8.25. The minimum atomic E-state index is 0.580. The van der Waals surface area contributed by atoms with Gasteiger partial charge in [-0.3, -0.25) is 4.90 Å². The lowest BCUT2D eigenvalue weighted by atomic mass is 10.1. The van der Waals surface area contributed by atoms with Crippen LogP contribution in [0.4, 0.5) is 0 Å². The summed E-state index contributed by atoms with van der Waals surface area (Å²) >= 11 is 0. The van der Waals surface area contributed by atoms with Crippen molar-refractivity contribution < 1.29 is 0 Å². The summed E-state index contributed by atoms with van der Waals surface area (Å²) in [6.07, 6.45) is 6.42. The van der Waals surface area contributed by atoms with Crippen molar-refractivity contribution in [2.24, 2.45) is 5.73 Å². The first-order valence-corrected chi connectivity index (χ1v) is 6.09. The Morgan fingerprint density at radius 2 is 1.86 bits per heavy atom. The number of hydrogen-bond acceptors (Lipinski definition) is 2. The lowest BCUT2D eigenvalue weighted by Gasteiger charge is -2.32. The van der Waals surface area contributed by atoms with E-state index in [1.165, 1.54) is 32.1 Å². The monoisotopic (exact) mass is 200 g/mol. The van der Waals surface area contributed by atoms with Gasteiger partial charge in [-0.2, -0.15) is 0 Å². The van der Waals surface area contributed by atoms with Crippen LogP contribution in [0.25, 0.3) is 0 Å². The molecule has 2 nitrogen and oxygen atoms in total. The summed E-state index contributed by atoms with van der Waals surface area (Å²) < 4.78 is 0. The molecule has 0 rings (SSSR count). The number of unbranched alkanes of at least 4 members (excludes halogenated alkanes) is 2. The topological polar surface area (TPSA) is 29.3 Å². The van der Waals surface area contributed by atoms with Crippen LogP contribution in [0.5, 0.6) is 0 Å². The van der Waals surface area contributed by atoms with Crippen LogP contribution in [0, 0.1) is 0 Å². The maximum absolute atomic E-state index is 5.81. The molecule has 0 aliphatic rings. The van der Waals surface area contributed by atoms with Gasteiger partial charge in [-0.1, -0.05) is 33.1 Å². The molecule has 2 unspecified atom stereocenters. The van der Waals surface area contributed by atoms with Crippen molar-refractivity contribution in [3.05, 3.63) is 0 Å². The van der Waals surface area contributed by atoms with Crippen LogP contribution in [0.2, 0.25) is 0 Å². The van der Waals surface area contributed by atoms with Crippen molar-refractivity contribution in [1.82, 2.24) is 4.90 Å². The first kappa shape index (κ1) is 13.9. The summed E-state index contributed by atoms with van der Waals surface area (Å²) in [5, 5.41) is 0. The predicted molar refractivity (Wildman–Crippen MR) is 64.5 cm³/mol. The first-order chi connectivity index (χ1) is 6.67. The highest BCUT2D eigenvalue weighted by Crippen LogP contribution is 2.12. The maximum atomic E-state index is 5.81. The van der Waals surface area contributed by atoms with E-state index in [-0.39, 0.29) is 0 Å². The number of hydrogen-bond donors (Lipinski definition) is 1. The van der Waals surface area contributed by atoms with E-state index in [1.807, 2.05) is 0 Å². The van der Waals surface area contributed by atoms with Crippen molar-refractivity contribution >= 4 is 0 Å². The normalized spacial score (nSPS) is 15.9. The third-order valence-electron chi connectivity index (χ3n) is 3.28. The van der Waals surface area contributed by atoms with Crippen molar-refractivity contribution in [1.29, 1.82) is 0 Å². The molecule has 86 valence electrons. The summed E-state index contributed by atoms with van der Waals surface area (Å²) in [6.45, 7) is 7.56. The van der Waals surface area contributed by atoms with Gasteiger partial charge in [0.15, 0.2) is 0 Å². The Labute approximate surface area is 89.9 Å². The van der Waals surface area contributed by atoms with Gasteiger partial charge >= 0.3 is 0 Å². The molecule has 0 saturated heterocycles. The van der Waals surface area contributed by atoms with Crippen LogP contribution >= 0.6 is 0 Å². The molecule has 0 amide bonds. The molecule has 2 atom stereocenters. The number of likely N-dealkylation sites (N-methyl/N-ethyl adjacent to an activating group) is 1. The fourth-order valence-electron chi connectivity index (χ4n) is 1.77. The highest BCUT2D eigenvalue weighted by atomic mass is 15.2. The quantitative estimate of drug-likeness (QED) is 0.610. The largest absolute Gasteiger partial charge is 0.329 e. The zero-order valence-corrected chi connectivity index (χ0v) is 10.4. The fraction of sp³-hybridized carbons (Fsp3) is 1.00. The Bertz CT molecular complexity index is 125. The van der Waals surface area contributed by atoms with Gasteiger partial charge in [-0.15, -0.1) is 0 Å². The van der Waals surface area contributed by atoms with Crippen LogP contribution in [-0.2, 0) is 0 Å². The van der Waals surface area contributed by atoms with E-state index in [1.54, 1.807) is 0 Å². The van der Waals surface area contributed by atoms with E-state index in [4.69, 9.17) is 5.73 Å². The molecule has 0 aromatic heterocycles. The zero-order chi connectivity index (χ0) is 11.0. The number of nitrogens with zero attached hydrogens (tertiary/aromatic N) is 1. The summed E-state index contributed by atoms with van der Waals surface area (Å²) in [6, 6.07) is 1.24. The van der Waals surface area contributed by atoms with E-state index in [2.05, 4.69) is 32.7 Å². The van der Waals surface area contributed by atoms with Gasteiger partial charge in [0.1, 0.15) is 0 Å². The van der Waals surface area contributed by atoms with Crippen LogP contribution in [0.1, 0.15) is 52.9 Å². The molecule has 0 aliphatic carbocycles. The smallest absolute Gasteiger partial charge is 0.0218 e. The van der Waals surface area contributed by atoms with Crippen molar-refractivity contribution in [2.45, 2.75) is 65.0 Å². The second-order valence-electron chi connectivity index (χ2n) is 4.31. The van der Waals surface area contributed by atoms with Gasteiger partial charge in [-0.05, 0) is 26.8 Å². The summed E-state index contributed by atoms with van der Waals surface area (Å²) in [5.41, 5.74) is 5.81. The summed E-state index contributed by atoms with van der Waals surface area (Å²) in [4.78, 5) is 2.44. The second-order valence-corrected chi connectivity index (χ2v) is 4.31. The molecule has 0 aromatic carbocycles. The van der Waals surface area contributed by atoms with Gasteiger partial charge in [0.2, 0.25) is 0 Å². The van der Waals surface area contributed by atoms with E-state index in [0.717, 1.165) is 6.54 Å². The third-order valence-corrected chi connectivity index (χ3v) is 3.28. The highest BCUT2D eigenvalue weighted by molar-refractivity contribution is 4.73. The molecular weight excluding hydrogens is 172 g/mol. The molecular formula is C12H28N2. The Hall–Kier alpha value is -0.0800. The van der Waals surface area contributed by atoms with Gasteiger partial charge < -0.3 is 5.73 Å². The first-order valence-electron chi connectivity index (χ1n) is 6.09. The maximum Gasteiger partial charge on any atom is 0.0218 e. The van der Waals surface area contributed by atoms with Gasteiger partial charge in [0.05, 0.1) is 0 Å². The van der Waals surface area contributed by atoms with E-state index < -0.39 is 0 Å². The Kier molecular flexibility index (Phi) is 8.20. The molecule has 0 aromatic rings. The van der Waals surface area contributed by atoms with E-state index in [9.17, 15) is 0 Å². The highest BCUT2D eigenvalue weighted by Gasteiger charge is 2.16. The van der Waals surface area contributed by atoms with Gasteiger partial charge in [0, 0.05) is 18.6 Å². The molecule has 0 aliphatic heterocycles. The molecule has 0 fully saturated rings. The van der Waals surface area contributed by atoms with Crippen molar-refractivity contribution in [3.63, 3.8) is 0 Å². The average Bonchev–Trinajstić information content (AvgIpc) is 2.22. The molecule has 2 heteroatoms. The fourth-order valence-corrected chi connectivity index (χ4v) is 1.77. The SMILES string of the molecule is CCCCCC(CN)N(C)C(C)CC.